The van der Waals surface area contributed by atoms with Gasteiger partial charge in [-0.3, -0.25) is 4.79 Å². The van der Waals surface area contributed by atoms with E-state index < -0.39 is 5.97 Å². The smallest absolute Gasteiger partial charge is 0.339 e. The number of hydrogen-bond acceptors (Lipinski definition) is 4. The summed E-state index contributed by atoms with van der Waals surface area (Å²) in [5, 5.41) is 11.7. The fourth-order valence-electron chi connectivity index (χ4n) is 1.46. The van der Waals surface area contributed by atoms with Crippen molar-refractivity contribution in [3.8, 4) is 5.75 Å². The lowest BCUT2D eigenvalue weighted by molar-refractivity contribution is -0.116. The predicted octanol–water partition coefficient (Wildman–Crippen LogP) is 1.72. The Labute approximate surface area is 115 Å². The van der Waals surface area contributed by atoms with Crippen LogP contribution in [-0.2, 0) is 4.79 Å². The molecule has 1 aromatic rings. The normalized spacial score (nSPS) is 10.1. The maximum absolute atomic E-state index is 11.6. The summed E-state index contributed by atoms with van der Waals surface area (Å²) in [5.74, 6) is -1.26. The molecule has 0 saturated carbocycles. The van der Waals surface area contributed by atoms with Gasteiger partial charge in [-0.1, -0.05) is 11.6 Å². The van der Waals surface area contributed by atoms with Gasteiger partial charge in [0.2, 0.25) is 5.91 Å². The molecule has 0 aliphatic heterocycles. The average Bonchev–Trinajstić information content (AvgIpc) is 2.38. The molecule has 0 atom stereocenters. The number of nitrogens with two attached hydrogens (primary N) is 1. The largest absolute Gasteiger partial charge is 0.496 e. The molecular weight excluding hydrogens is 272 g/mol. The summed E-state index contributed by atoms with van der Waals surface area (Å²) in [6.07, 6.45) is 0.837. The number of amides is 1. The third-order valence-electron chi connectivity index (χ3n) is 2.40. The highest BCUT2D eigenvalue weighted by molar-refractivity contribution is 6.34. The van der Waals surface area contributed by atoms with Gasteiger partial charge in [-0.05, 0) is 19.0 Å². The molecule has 0 saturated heterocycles. The Morgan fingerprint density at radius 3 is 2.68 bits per heavy atom. The molecule has 0 fully saturated rings. The highest BCUT2D eigenvalue weighted by Gasteiger charge is 2.16. The fourth-order valence-corrected chi connectivity index (χ4v) is 1.67. The zero-order chi connectivity index (χ0) is 14.4. The number of aromatic carboxylic acids is 1. The van der Waals surface area contributed by atoms with E-state index in [9.17, 15) is 9.59 Å². The Hall–Kier alpha value is -1.79. The van der Waals surface area contributed by atoms with Gasteiger partial charge in [-0.25, -0.2) is 4.79 Å². The van der Waals surface area contributed by atoms with E-state index in [1.165, 1.54) is 19.2 Å². The quantitative estimate of drug-likeness (QED) is 0.739. The van der Waals surface area contributed by atoms with Gasteiger partial charge >= 0.3 is 5.97 Å². The van der Waals surface area contributed by atoms with Gasteiger partial charge < -0.3 is 20.9 Å². The van der Waals surface area contributed by atoms with E-state index >= 15 is 0 Å². The summed E-state index contributed by atoms with van der Waals surface area (Å²) < 4.78 is 4.95. The Kier molecular flexibility index (Phi) is 5.59. The summed E-state index contributed by atoms with van der Waals surface area (Å²) in [6, 6.07) is 2.62. The Bertz CT molecular complexity index is 491. The van der Waals surface area contributed by atoms with E-state index in [2.05, 4.69) is 5.32 Å². The van der Waals surface area contributed by atoms with Crippen molar-refractivity contribution < 1.29 is 19.4 Å². The van der Waals surface area contributed by atoms with Crippen molar-refractivity contribution in [2.24, 2.45) is 5.73 Å². The number of benzene rings is 1. The second-order valence-corrected chi connectivity index (χ2v) is 4.19. The first-order valence-electron chi connectivity index (χ1n) is 5.60. The molecule has 7 heteroatoms. The number of carboxylic acids is 1. The monoisotopic (exact) mass is 286 g/mol. The van der Waals surface area contributed by atoms with Crippen LogP contribution in [0, 0.1) is 0 Å². The van der Waals surface area contributed by atoms with E-state index in [4.69, 9.17) is 27.2 Å². The summed E-state index contributed by atoms with van der Waals surface area (Å²) in [6.45, 7) is 0.419. The summed E-state index contributed by atoms with van der Waals surface area (Å²) in [4.78, 5) is 22.5. The third kappa shape index (κ3) is 4.11. The molecule has 1 amide bonds. The molecule has 104 valence electrons. The van der Waals surface area contributed by atoms with Crippen LogP contribution >= 0.6 is 11.6 Å². The van der Waals surface area contributed by atoms with Gasteiger partial charge in [0, 0.05) is 12.5 Å². The van der Waals surface area contributed by atoms with Crippen molar-refractivity contribution in [2.75, 3.05) is 19.0 Å². The van der Waals surface area contributed by atoms with Gasteiger partial charge in [0.25, 0.3) is 0 Å². The molecule has 0 heterocycles. The molecule has 4 N–H and O–H groups in total. The fraction of sp³-hybridized carbons (Fsp3) is 0.333. The van der Waals surface area contributed by atoms with Crippen LogP contribution in [0.4, 0.5) is 5.69 Å². The molecule has 0 radical (unpaired) electrons. The highest BCUT2D eigenvalue weighted by atomic mass is 35.5. The van der Waals surface area contributed by atoms with Crippen LogP contribution in [-0.4, -0.2) is 30.6 Å². The standard InChI is InChI=1S/C12H15ClN2O4/c1-19-10-6-9(15-11(16)3-2-4-14)8(13)5-7(10)12(17)18/h5-6H,2-4,14H2,1H3,(H,15,16)(H,17,18). The minimum absolute atomic E-state index is 0.0625. The van der Waals surface area contributed by atoms with Crippen molar-refractivity contribution in [2.45, 2.75) is 12.8 Å². The molecule has 19 heavy (non-hydrogen) atoms. The zero-order valence-electron chi connectivity index (χ0n) is 10.4. The summed E-state index contributed by atoms with van der Waals surface area (Å²) >= 11 is 5.92. The minimum atomic E-state index is -1.15. The first-order chi connectivity index (χ1) is 8.99. The van der Waals surface area contributed by atoms with Crippen LogP contribution in [0.5, 0.6) is 5.75 Å². The molecular formula is C12H15ClN2O4. The van der Waals surface area contributed by atoms with Crippen molar-refractivity contribution in [1.82, 2.24) is 0 Å². The number of anilines is 1. The lowest BCUT2D eigenvalue weighted by atomic mass is 10.1. The van der Waals surface area contributed by atoms with Crippen LogP contribution in [0.1, 0.15) is 23.2 Å². The molecule has 0 unspecified atom stereocenters. The lowest BCUT2D eigenvalue weighted by Gasteiger charge is -2.11. The van der Waals surface area contributed by atoms with Gasteiger partial charge in [0.1, 0.15) is 11.3 Å². The molecule has 1 rings (SSSR count). The van der Waals surface area contributed by atoms with Gasteiger partial charge in [-0.15, -0.1) is 0 Å². The number of nitrogens with one attached hydrogen (secondary N) is 1. The van der Waals surface area contributed by atoms with Crippen LogP contribution in [0.25, 0.3) is 0 Å². The summed E-state index contributed by atoms with van der Waals surface area (Å²) in [5.41, 5.74) is 5.56. The van der Waals surface area contributed by atoms with Gasteiger partial charge in [0.05, 0.1) is 17.8 Å². The predicted molar refractivity (Wildman–Crippen MR) is 71.9 cm³/mol. The van der Waals surface area contributed by atoms with E-state index in [0.29, 0.717) is 18.7 Å². The second kappa shape index (κ2) is 6.96. The van der Waals surface area contributed by atoms with E-state index in [-0.39, 0.29) is 28.7 Å². The number of carbonyl (C=O) groups excluding carboxylic acids is 1. The number of hydrogen-bond donors (Lipinski definition) is 3. The molecule has 0 spiro atoms. The van der Waals surface area contributed by atoms with E-state index in [0.717, 1.165) is 0 Å². The number of ether oxygens (including phenoxy) is 1. The van der Waals surface area contributed by atoms with Crippen LogP contribution in [0.2, 0.25) is 5.02 Å². The number of rotatable bonds is 6. The van der Waals surface area contributed by atoms with Crippen LogP contribution in [0.3, 0.4) is 0 Å². The van der Waals surface area contributed by atoms with Crippen molar-refractivity contribution in [3.05, 3.63) is 22.7 Å². The average molecular weight is 287 g/mol. The number of halogens is 1. The maximum atomic E-state index is 11.6. The molecule has 6 nitrogen and oxygen atoms in total. The Morgan fingerprint density at radius 1 is 1.47 bits per heavy atom. The Balaban J connectivity index is 2.96. The number of carbonyl (C=O) groups is 2. The molecule has 0 bridgehead atoms. The van der Waals surface area contributed by atoms with Crippen molar-refractivity contribution in [1.29, 1.82) is 0 Å². The number of carboxylic acid groups (broad SMARTS) is 1. The molecule has 0 aliphatic carbocycles. The lowest BCUT2D eigenvalue weighted by Crippen LogP contribution is -2.14. The minimum Gasteiger partial charge on any atom is -0.496 e. The summed E-state index contributed by atoms with van der Waals surface area (Å²) in [7, 11) is 1.34. The molecule has 0 aliphatic rings. The second-order valence-electron chi connectivity index (χ2n) is 3.78. The topological polar surface area (TPSA) is 102 Å². The number of methoxy groups -OCH3 is 1. The van der Waals surface area contributed by atoms with Crippen molar-refractivity contribution >= 4 is 29.2 Å². The zero-order valence-corrected chi connectivity index (χ0v) is 11.2. The first-order valence-corrected chi connectivity index (χ1v) is 5.98. The molecule has 0 aromatic heterocycles. The maximum Gasteiger partial charge on any atom is 0.339 e. The van der Waals surface area contributed by atoms with E-state index in [1.807, 2.05) is 0 Å². The van der Waals surface area contributed by atoms with Crippen LogP contribution in [0.15, 0.2) is 12.1 Å². The van der Waals surface area contributed by atoms with E-state index in [1.54, 1.807) is 0 Å². The third-order valence-corrected chi connectivity index (χ3v) is 2.71. The first kappa shape index (κ1) is 15.3. The SMILES string of the molecule is COc1cc(NC(=O)CCCN)c(Cl)cc1C(=O)O. The Morgan fingerprint density at radius 2 is 2.16 bits per heavy atom. The van der Waals surface area contributed by atoms with Gasteiger partial charge in [0.15, 0.2) is 0 Å². The van der Waals surface area contributed by atoms with Crippen LogP contribution < -0.4 is 15.8 Å². The van der Waals surface area contributed by atoms with Crippen molar-refractivity contribution in [3.63, 3.8) is 0 Å². The van der Waals surface area contributed by atoms with Gasteiger partial charge in [-0.2, -0.15) is 0 Å². The highest BCUT2D eigenvalue weighted by Crippen LogP contribution is 2.31. The molecule has 1 aromatic carbocycles.